The van der Waals surface area contributed by atoms with E-state index in [0.717, 1.165) is 10.7 Å². The predicted molar refractivity (Wildman–Crippen MR) is 70.2 cm³/mol. The Bertz CT molecular complexity index is 689. The van der Waals surface area contributed by atoms with Gasteiger partial charge in [0.25, 0.3) is 5.91 Å². The second kappa shape index (κ2) is 6.31. The zero-order valence-electron chi connectivity index (χ0n) is 10.6. The molecular weight excluding hydrogens is 303 g/mol. The Hall–Kier alpha value is -2.48. The molecule has 1 aromatic carbocycles. The summed E-state index contributed by atoms with van der Waals surface area (Å²) in [6, 6.07) is 3.70. The summed E-state index contributed by atoms with van der Waals surface area (Å²) in [6.07, 6.45) is 1.40. The summed E-state index contributed by atoms with van der Waals surface area (Å²) in [6.45, 7) is -0.272. The Labute approximate surface area is 123 Å². The number of rotatable bonds is 5. The molecular formula is C12H10ClFN4O3. The van der Waals surface area contributed by atoms with E-state index in [9.17, 15) is 14.0 Å². The molecule has 0 fully saturated rings. The van der Waals surface area contributed by atoms with Crippen LogP contribution in [0.2, 0.25) is 5.02 Å². The van der Waals surface area contributed by atoms with Gasteiger partial charge in [-0.25, -0.2) is 9.07 Å². The van der Waals surface area contributed by atoms with Crippen LogP contribution >= 0.6 is 11.6 Å². The molecule has 9 heteroatoms. The minimum atomic E-state index is -1.05. The highest BCUT2D eigenvalue weighted by Crippen LogP contribution is 2.15. The van der Waals surface area contributed by atoms with Crippen molar-refractivity contribution in [3.05, 3.63) is 46.5 Å². The standard InChI is InChI=1S/C12H10ClFN4O3/c13-9-2-1-7(3-10(9)14)12(21)15-4-8-5-18(17-16-8)6-11(19)20/h1-3,5H,4,6H2,(H,15,21)(H,19,20). The van der Waals surface area contributed by atoms with Crippen molar-refractivity contribution in [3.8, 4) is 0 Å². The second-order valence-corrected chi connectivity index (χ2v) is 4.52. The number of nitrogens with zero attached hydrogens (tertiary/aromatic N) is 3. The first-order valence-electron chi connectivity index (χ1n) is 5.80. The maximum absolute atomic E-state index is 13.2. The van der Waals surface area contributed by atoms with Crippen LogP contribution in [0.1, 0.15) is 16.1 Å². The molecule has 0 radical (unpaired) electrons. The third-order valence-corrected chi connectivity index (χ3v) is 2.80. The number of carbonyl (C=O) groups excluding carboxylic acids is 1. The molecule has 7 nitrogen and oxygen atoms in total. The van der Waals surface area contributed by atoms with Crippen molar-refractivity contribution in [1.29, 1.82) is 0 Å². The second-order valence-electron chi connectivity index (χ2n) is 4.11. The van der Waals surface area contributed by atoms with E-state index in [1.807, 2.05) is 0 Å². The smallest absolute Gasteiger partial charge is 0.325 e. The molecule has 1 amide bonds. The largest absolute Gasteiger partial charge is 0.480 e. The van der Waals surface area contributed by atoms with Crippen molar-refractivity contribution in [2.24, 2.45) is 0 Å². The van der Waals surface area contributed by atoms with Gasteiger partial charge in [0, 0.05) is 5.56 Å². The van der Waals surface area contributed by atoms with Crippen LogP contribution in [-0.4, -0.2) is 32.0 Å². The average Bonchev–Trinajstić information content (AvgIpc) is 2.86. The van der Waals surface area contributed by atoms with Crippen molar-refractivity contribution in [2.75, 3.05) is 0 Å². The molecule has 0 aliphatic carbocycles. The lowest BCUT2D eigenvalue weighted by atomic mass is 10.2. The van der Waals surface area contributed by atoms with Crippen molar-refractivity contribution < 1.29 is 19.1 Å². The first kappa shape index (κ1) is 14.9. The number of amides is 1. The Morgan fingerprint density at radius 2 is 2.19 bits per heavy atom. The fraction of sp³-hybridized carbons (Fsp3) is 0.167. The summed E-state index contributed by atoms with van der Waals surface area (Å²) in [5.74, 6) is -2.23. The van der Waals surface area contributed by atoms with Gasteiger partial charge in [-0.1, -0.05) is 16.8 Å². The van der Waals surface area contributed by atoms with Crippen LogP contribution in [-0.2, 0) is 17.9 Å². The number of carbonyl (C=O) groups is 2. The quantitative estimate of drug-likeness (QED) is 0.861. The highest BCUT2D eigenvalue weighted by Gasteiger charge is 2.10. The van der Waals surface area contributed by atoms with Crippen molar-refractivity contribution in [2.45, 2.75) is 13.1 Å². The molecule has 1 aromatic heterocycles. The lowest BCUT2D eigenvalue weighted by Gasteiger charge is -2.03. The van der Waals surface area contributed by atoms with E-state index in [1.165, 1.54) is 18.3 Å². The number of hydrogen-bond acceptors (Lipinski definition) is 4. The van der Waals surface area contributed by atoms with Gasteiger partial charge in [-0.3, -0.25) is 9.59 Å². The third-order valence-electron chi connectivity index (χ3n) is 2.50. The lowest BCUT2D eigenvalue weighted by Crippen LogP contribution is -2.23. The van der Waals surface area contributed by atoms with Gasteiger partial charge < -0.3 is 10.4 Å². The summed E-state index contributed by atoms with van der Waals surface area (Å²) in [4.78, 5) is 22.3. The summed E-state index contributed by atoms with van der Waals surface area (Å²) in [5.41, 5.74) is 0.508. The molecule has 2 aromatic rings. The van der Waals surface area contributed by atoms with E-state index in [-0.39, 0.29) is 23.7 Å². The highest BCUT2D eigenvalue weighted by molar-refractivity contribution is 6.30. The van der Waals surface area contributed by atoms with Gasteiger partial charge in [0.15, 0.2) is 0 Å². The summed E-state index contributed by atoms with van der Waals surface area (Å²) >= 11 is 5.53. The molecule has 0 spiro atoms. The monoisotopic (exact) mass is 312 g/mol. The zero-order valence-corrected chi connectivity index (χ0v) is 11.3. The van der Waals surface area contributed by atoms with Gasteiger partial charge in [-0.05, 0) is 18.2 Å². The minimum Gasteiger partial charge on any atom is -0.480 e. The molecule has 2 rings (SSSR count). The number of aromatic nitrogens is 3. The van der Waals surface area contributed by atoms with Crippen molar-refractivity contribution in [1.82, 2.24) is 20.3 Å². The van der Waals surface area contributed by atoms with Gasteiger partial charge in [0.2, 0.25) is 0 Å². The maximum Gasteiger partial charge on any atom is 0.325 e. The van der Waals surface area contributed by atoms with E-state index in [1.54, 1.807) is 0 Å². The molecule has 0 unspecified atom stereocenters. The molecule has 0 aliphatic heterocycles. The average molecular weight is 313 g/mol. The van der Waals surface area contributed by atoms with Gasteiger partial charge in [0.05, 0.1) is 17.8 Å². The van der Waals surface area contributed by atoms with E-state index in [4.69, 9.17) is 16.7 Å². The van der Waals surface area contributed by atoms with Crippen LogP contribution < -0.4 is 5.32 Å². The molecule has 2 N–H and O–H groups in total. The number of halogens is 2. The normalized spacial score (nSPS) is 10.4. The number of hydrogen-bond donors (Lipinski definition) is 2. The van der Waals surface area contributed by atoms with Crippen LogP contribution in [0.4, 0.5) is 4.39 Å². The Kier molecular flexibility index (Phi) is 4.49. The topological polar surface area (TPSA) is 97.1 Å². The van der Waals surface area contributed by atoms with Crippen LogP contribution in [0.3, 0.4) is 0 Å². The molecule has 0 atom stereocenters. The number of nitrogens with one attached hydrogen (secondary N) is 1. The highest BCUT2D eigenvalue weighted by atomic mass is 35.5. The first-order chi connectivity index (χ1) is 9.95. The van der Waals surface area contributed by atoms with Crippen molar-refractivity contribution in [3.63, 3.8) is 0 Å². The van der Waals surface area contributed by atoms with E-state index in [2.05, 4.69) is 15.6 Å². The fourth-order valence-corrected chi connectivity index (χ4v) is 1.66. The van der Waals surface area contributed by atoms with Crippen LogP contribution in [0, 0.1) is 5.82 Å². The van der Waals surface area contributed by atoms with Gasteiger partial charge in [-0.2, -0.15) is 0 Å². The van der Waals surface area contributed by atoms with Crippen LogP contribution in [0.15, 0.2) is 24.4 Å². The van der Waals surface area contributed by atoms with Gasteiger partial charge in [-0.15, -0.1) is 5.10 Å². The molecule has 21 heavy (non-hydrogen) atoms. The Morgan fingerprint density at radius 1 is 1.43 bits per heavy atom. The van der Waals surface area contributed by atoms with Crippen molar-refractivity contribution >= 4 is 23.5 Å². The SMILES string of the molecule is O=C(O)Cn1cc(CNC(=O)c2ccc(Cl)c(F)c2)nn1. The number of aliphatic carboxylic acids is 1. The molecule has 110 valence electrons. The summed E-state index contributed by atoms with van der Waals surface area (Å²) in [7, 11) is 0. The van der Waals surface area contributed by atoms with Gasteiger partial charge >= 0.3 is 5.97 Å². The fourth-order valence-electron chi connectivity index (χ4n) is 1.55. The predicted octanol–water partition coefficient (Wildman–Crippen LogP) is 1.09. The molecule has 1 heterocycles. The molecule has 0 saturated heterocycles. The number of carboxylic acid groups (broad SMARTS) is 1. The van der Waals surface area contributed by atoms with Gasteiger partial charge in [0.1, 0.15) is 18.1 Å². The van der Waals surface area contributed by atoms with E-state index >= 15 is 0 Å². The maximum atomic E-state index is 13.2. The lowest BCUT2D eigenvalue weighted by molar-refractivity contribution is -0.137. The van der Waals surface area contributed by atoms with E-state index < -0.39 is 17.7 Å². The van der Waals surface area contributed by atoms with Crippen LogP contribution in [0.25, 0.3) is 0 Å². The summed E-state index contributed by atoms with van der Waals surface area (Å²) < 4.78 is 14.4. The first-order valence-corrected chi connectivity index (χ1v) is 6.17. The third kappa shape index (κ3) is 3.99. The van der Waals surface area contributed by atoms with E-state index in [0.29, 0.717) is 5.69 Å². The number of benzene rings is 1. The molecule has 0 aliphatic rings. The summed E-state index contributed by atoms with van der Waals surface area (Å²) in [5, 5.41) is 18.3. The number of carboxylic acids is 1. The molecule has 0 bridgehead atoms. The van der Waals surface area contributed by atoms with Crippen LogP contribution in [0.5, 0.6) is 0 Å². The zero-order chi connectivity index (χ0) is 15.4. The Balaban J connectivity index is 1.95. The minimum absolute atomic E-state index is 0.0443. The molecule has 0 saturated carbocycles. The Morgan fingerprint density at radius 3 is 2.86 bits per heavy atom.